The smallest absolute Gasteiger partial charge is 0.0965 e. The number of aryl methyl sites for hydroxylation is 2. The molecule has 0 atom stereocenters. The van der Waals surface area contributed by atoms with Crippen molar-refractivity contribution in [3.05, 3.63) is 28.3 Å². The zero-order valence-corrected chi connectivity index (χ0v) is 12.7. The van der Waals surface area contributed by atoms with Crippen molar-refractivity contribution in [3.8, 4) is 0 Å². The maximum atomic E-state index is 6.22. The van der Waals surface area contributed by atoms with Crippen LogP contribution in [0.5, 0.6) is 0 Å². The van der Waals surface area contributed by atoms with E-state index in [4.69, 9.17) is 16.3 Å². The Kier molecular flexibility index (Phi) is 5.11. The van der Waals surface area contributed by atoms with Gasteiger partial charge in [0.1, 0.15) is 0 Å². The summed E-state index contributed by atoms with van der Waals surface area (Å²) in [5, 5.41) is 16.4. The fourth-order valence-electron chi connectivity index (χ4n) is 1.89. The van der Waals surface area contributed by atoms with Gasteiger partial charge in [-0.1, -0.05) is 16.8 Å². The summed E-state index contributed by atoms with van der Waals surface area (Å²) in [6, 6.07) is 0. The van der Waals surface area contributed by atoms with Gasteiger partial charge in [-0.15, -0.1) is 5.10 Å². The lowest BCUT2D eigenvalue weighted by Crippen LogP contribution is -2.18. The second kappa shape index (κ2) is 6.83. The third-order valence-corrected chi connectivity index (χ3v) is 3.44. The van der Waals surface area contributed by atoms with Crippen molar-refractivity contribution in [1.29, 1.82) is 0 Å². The third-order valence-electron chi connectivity index (χ3n) is 2.95. The lowest BCUT2D eigenvalue weighted by atomic mass is 10.3. The molecule has 0 aromatic carbocycles. The van der Waals surface area contributed by atoms with E-state index < -0.39 is 0 Å². The molecule has 2 aromatic rings. The molecule has 110 valence electrons. The number of ether oxygens (including phenoxy) is 1. The summed E-state index contributed by atoms with van der Waals surface area (Å²) in [6.07, 6.45) is 1.90. The molecule has 0 aliphatic carbocycles. The maximum absolute atomic E-state index is 6.22. The van der Waals surface area contributed by atoms with Crippen molar-refractivity contribution in [2.45, 2.75) is 20.0 Å². The highest BCUT2D eigenvalue weighted by Gasteiger charge is 2.12. The van der Waals surface area contributed by atoms with Gasteiger partial charge in [-0.3, -0.25) is 4.68 Å². The van der Waals surface area contributed by atoms with E-state index in [1.54, 1.807) is 16.5 Å². The standard InChI is InChI=1S/C12H19ClN6O/c1-9-12(13)11(18(2)16-9)8-19-7-10(15-17-19)6-14-4-5-20-3/h7,14H,4-6,8H2,1-3H3. The van der Waals surface area contributed by atoms with E-state index in [0.717, 1.165) is 23.6 Å². The number of nitrogens with one attached hydrogen (secondary N) is 1. The monoisotopic (exact) mass is 298 g/mol. The average Bonchev–Trinajstić information content (AvgIpc) is 2.96. The molecular formula is C12H19ClN6O. The van der Waals surface area contributed by atoms with Crippen LogP contribution in [0.3, 0.4) is 0 Å². The Morgan fingerprint density at radius 3 is 2.90 bits per heavy atom. The summed E-state index contributed by atoms with van der Waals surface area (Å²) in [5.41, 5.74) is 2.63. The first-order chi connectivity index (χ1) is 9.61. The molecule has 0 saturated carbocycles. The molecule has 0 fully saturated rings. The Balaban J connectivity index is 1.95. The van der Waals surface area contributed by atoms with Crippen LogP contribution in [0.4, 0.5) is 0 Å². The molecule has 0 aliphatic heterocycles. The number of rotatable bonds is 7. The molecule has 2 rings (SSSR count). The van der Waals surface area contributed by atoms with Crippen LogP contribution in [0.15, 0.2) is 6.20 Å². The van der Waals surface area contributed by atoms with Crippen molar-refractivity contribution >= 4 is 11.6 Å². The highest BCUT2D eigenvalue weighted by molar-refractivity contribution is 6.31. The molecule has 0 amide bonds. The lowest BCUT2D eigenvalue weighted by Gasteiger charge is -2.02. The van der Waals surface area contributed by atoms with E-state index in [0.29, 0.717) is 24.7 Å². The largest absolute Gasteiger partial charge is 0.383 e. The van der Waals surface area contributed by atoms with E-state index in [1.165, 1.54) is 0 Å². The van der Waals surface area contributed by atoms with Gasteiger partial charge in [0.25, 0.3) is 0 Å². The minimum absolute atomic E-state index is 0.557. The Morgan fingerprint density at radius 1 is 1.45 bits per heavy atom. The Hall–Kier alpha value is -1.44. The highest BCUT2D eigenvalue weighted by Crippen LogP contribution is 2.19. The average molecular weight is 299 g/mol. The molecule has 0 bridgehead atoms. The minimum Gasteiger partial charge on any atom is -0.383 e. The Bertz CT molecular complexity index is 564. The van der Waals surface area contributed by atoms with Gasteiger partial charge < -0.3 is 10.1 Å². The van der Waals surface area contributed by atoms with Crippen LogP contribution in [0.25, 0.3) is 0 Å². The zero-order chi connectivity index (χ0) is 14.5. The van der Waals surface area contributed by atoms with Crippen molar-refractivity contribution < 1.29 is 4.74 Å². The van der Waals surface area contributed by atoms with E-state index in [1.807, 2.05) is 20.2 Å². The van der Waals surface area contributed by atoms with Crippen molar-refractivity contribution in [1.82, 2.24) is 30.1 Å². The number of hydrogen-bond donors (Lipinski definition) is 1. The van der Waals surface area contributed by atoms with Gasteiger partial charge in [0.05, 0.1) is 41.5 Å². The van der Waals surface area contributed by atoms with Crippen LogP contribution in [-0.2, 0) is 24.9 Å². The topological polar surface area (TPSA) is 69.8 Å². The lowest BCUT2D eigenvalue weighted by molar-refractivity contribution is 0.199. The first-order valence-corrected chi connectivity index (χ1v) is 6.76. The molecule has 0 radical (unpaired) electrons. The predicted molar refractivity (Wildman–Crippen MR) is 75.7 cm³/mol. The van der Waals surface area contributed by atoms with E-state index in [-0.39, 0.29) is 0 Å². The summed E-state index contributed by atoms with van der Waals surface area (Å²) in [4.78, 5) is 0. The van der Waals surface area contributed by atoms with Crippen LogP contribution >= 0.6 is 11.6 Å². The molecule has 7 nitrogen and oxygen atoms in total. The number of nitrogens with zero attached hydrogens (tertiary/aromatic N) is 5. The summed E-state index contributed by atoms with van der Waals surface area (Å²) in [6.45, 7) is 4.58. The molecule has 2 aromatic heterocycles. The summed E-state index contributed by atoms with van der Waals surface area (Å²) in [5.74, 6) is 0. The van der Waals surface area contributed by atoms with Crippen LogP contribution in [-0.4, -0.2) is 45.0 Å². The van der Waals surface area contributed by atoms with Gasteiger partial charge in [0.15, 0.2) is 0 Å². The van der Waals surface area contributed by atoms with Crippen LogP contribution in [0.1, 0.15) is 17.1 Å². The van der Waals surface area contributed by atoms with Gasteiger partial charge >= 0.3 is 0 Å². The molecule has 0 spiro atoms. The van der Waals surface area contributed by atoms with E-state index >= 15 is 0 Å². The molecule has 1 N–H and O–H groups in total. The maximum Gasteiger partial charge on any atom is 0.0965 e. The summed E-state index contributed by atoms with van der Waals surface area (Å²) < 4.78 is 8.50. The SMILES string of the molecule is COCCNCc1cn(Cc2c(Cl)c(C)nn2C)nn1. The van der Waals surface area contributed by atoms with Gasteiger partial charge in [0, 0.05) is 27.2 Å². The van der Waals surface area contributed by atoms with Crippen LogP contribution in [0.2, 0.25) is 5.02 Å². The van der Waals surface area contributed by atoms with E-state index in [2.05, 4.69) is 20.7 Å². The Morgan fingerprint density at radius 2 is 2.25 bits per heavy atom. The number of methoxy groups -OCH3 is 1. The van der Waals surface area contributed by atoms with Gasteiger partial charge in [-0.25, -0.2) is 4.68 Å². The second-order valence-corrected chi connectivity index (χ2v) is 4.92. The molecule has 20 heavy (non-hydrogen) atoms. The van der Waals surface area contributed by atoms with Gasteiger partial charge in [0.2, 0.25) is 0 Å². The normalized spacial score (nSPS) is 11.2. The number of aromatic nitrogens is 5. The molecule has 2 heterocycles. The molecular weight excluding hydrogens is 280 g/mol. The predicted octanol–water partition coefficient (Wildman–Crippen LogP) is 0.758. The molecule has 0 saturated heterocycles. The zero-order valence-electron chi connectivity index (χ0n) is 11.9. The van der Waals surface area contributed by atoms with Crippen molar-refractivity contribution in [3.63, 3.8) is 0 Å². The number of hydrogen-bond acceptors (Lipinski definition) is 5. The summed E-state index contributed by atoms with van der Waals surface area (Å²) >= 11 is 6.22. The first-order valence-electron chi connectivity index (χ1n) is 6.38. The third kappa shape index (κ3) is 3.56. The van der Waals surface area contributed by atoms with Gasteiger partial charge in [-0.2, -0.15) is 5.10 Å². The first kappa shape index (κ1) is 15.0. The molecule has 0 unspecified atom stereocenters. The highest BCUT2D eigenvalue weighted by atomic mass is 35.5. The number of halogens is 1. The molecule has 0 aliphatic rings. The van der Waals surface area contributed by atoms with Crippen molar-refractivity contribution in [2.75, 3.05) is 20.3 Å². The van der Waals surface area contributed by atoms with Gasteiger partial charge in [-0.05, 0) is 6.92 Å². The Labute approximate surface area is 122 Å². The van der Waals surface area contributed by atoms with Crippen LogP contribution in [0, 0.1) is 6.92 Å². The minimum atomic E-state index is 0.557. The summed E-state index contributed by atoms with van der Waals surface area (Å²) in [7, 11) is 3.55. The van der Waals surface area contributed by atoms with Crippen LogP contribution < -0.4 is 5.32 Å². The molecule has 8 heteroatoms. The quantitative estimate of drug-likeness (QED) is 0.764. The fraction of sp³-hybridized carbons (Fsp3) is 0.583. The second-order valence-electron chi connectivity index (χ2n) is 4.55. The van der Waals surface area contributed by atoms with E-state index in [9.17, 15) is 0 Å². The van der Waals surface area contributed by atoms with Crippen molar-refractivity contribution in [2.24, 2.45) is 7.05 Å². The fourth-order valence-corrected chi connectivity index (χ4v) is 2.11.